The molecular formula is C11H18N4OS. The van der Waals surface area contributed by atoms with Crippen LogP contribution in [0, 0.1) is 0 Å². The number of nitrogens with one attached hydrogen (secondary N) is 3. The number of H-pyrrole nitrogens is 1. The van der Waals surface area contributed by atoms with Crippen LogP contribution in [0.3, 0.4) is 0 Å². The van der Waals surface area contributed by atoms with Crippen LogP contribution in [0.5, 0.6) is 0 Å². The highest BCUT2D eigenvalue weighted by atomic mass is 32.2. The van der Waals surface area contributed by atoms with Crippen molar-refractivity contribution >= 4 is 17.7 Å². The summed E-state index contributed by atoms with van der Waals surface area (Å²) in [5, 5.41) is 13.0. The number of aromatic amines is 1. The molecule has 2 atom stereocenters. The molecule has 94 valence electrons. The van der Waals surface area contributed by atoms with Crippen molar-refractivity contribution in [3.05, 3.63) is 18.0 Å². The molecule has 3 N–H and O–H groups in total. The van der Waals surface area contributed by atoms with E-state index in [1.54, 1.807) is 12.4 Å². The molecule has 1 fully saturated rings. The fourth-order valence-electron chi connectivity index (χ4n) is 1.86. The first kappa shape index (κ1) is 12.4. The molecule has 2 rings (SSSR count). The van der Waals surface area contributed by atoms with Gasteiger partial charge < -0.3 is 10.6 Å². The number of aromatic nitrogens is 2. The highest BCUT2D eigenvalue weighted by Crippen LogP contribution is 2.12. The Morgan fingerprint density at radius 1 is 1.76 bits per heavy atom. The van der Waals surface area contributed by atoms with Crippen LogP contribution in [0.25, 0.3) is 0 Å². The molecule has 1 aliphatic heterocycles. The molecule has 0 saturated carbocycles. The second-order valence-corrected chi connectivity index (χ2v) is 5.40. The van der Waals surface area contributed by atoms with Crippen LogP contribution in [0.15, 0.2) is 12.4 Å². The maximum Gasteiger partial charge on any atom is 0.222 e. The molecule has 1 saturated heterocycles. The number of carbonyl (C=O) groups is 1. The van der Waals surface area contributed by atoms with Crippen LogP contribution in [0.1, 0.15) is 24.9 Å². The molecular weight excluding hydrogens is 236 g/mol. The number of hydrogen-bond donors (Lipinski definition) is 3. The minimum Gasteiger partial charge on any atom is -0.349 e. The van der Waals surface area contributed by atoms with E-state index in [1.165, 1.54) is 0 Å². The van der Waals surface area contributed by atoms with Crippen LogP contribution in [0.2, 0.25) is 0 Å². The number of amides is 1. The first-order valence-electron chi connectivity index (χ1n) is 5.85. The van der Waals surface area contributed by atoms with Crippen molar-refractivity contribution in [2.45, 2.75) is 25.4 Å². The molecule has 1 aromatic heterocycles. The molecule has 0 radical (unpaired) electrons. The normalized spacial score (nSPS) is 22.1. The molecule has 1 amide bonds. The number of hydrogen-bond acceptors (Lipinski definition) is 4. The second kappa shape index (κ2) is 6.07. The van der Waals surface area contributed by atoms with E-state index in [9.17, 15) is 4.79 Å². The zero-order valence-electron chi connectivity index (χ0n) is 9.90. The van der Waals surface area contributed by atoms with Gasteiger partial charge in [0.1, 0.15) is 0 Å². The molecule has 6 heteroatoms. The Balaban J connectivity index is 1.76. The summed E-state index contributed by atoms with van der Waals surface area (Å²) in [6.45, 7) is 2.96. The van der Waals surface area contributed by atoms with E-state index >= 15 is 0 Å². The first-order chi connectivity index (χ1) is 8.25. The Morgan fingerprint density at radius 2 is 2.65 bits per heavy atom. The summed E-state index contributed by atoms with van der Waals surface area (Å²) in [4.78, 5) is 11.8. The maximum absolute atomic E-state index is 11.8. The molecule has 5 nitrogen and oxygen atoms in total. The first-order valence-corrected chi connectivity index (χ1v) is 7.00. The largest absolute Gasteiger partial charge is 0.349 e. The zero-order chi connectivity index (χ0) is 12.1. The summed E-state index contributed by atoms with van der Waals surface area (Å²) in [7, 11) is 0. The minimum absolute atomic E-state index is 0.0116. The van der Waals surface area contributed by atoms with Crippen molar-refractivity contribution in [2.75, 3.05) is 18.1 Å². The third-order valence-electron chi connectivity index (χ3n) is 2.83. The zero-order valence-corrected chi connectivity index (χ0v) is 10.7. The number of nitrogens with zero attached hydrogens (tertiary/aromatic N) is 1. The summed E-state index contributed by atoms with van der Waals surface area (Å²) < 4.78 is 0. The summed E-state index contributed by atoms with van der Waals surface area (Å²) in [5.74, 6) is 2.26. The molecule has 0 bridgehead atoms. The summed E-state index contributed by atoms with van der Waals surface area (Å²) in [5.41, 5.74) is 1.00. The second-order valence-electron chi connectivity index (χ2n) is 4.25. The molecule has 17 heavy (non-hydrogen) atoms. The van der Waals surface area contributed by atoms with E-state index in [4.69, 9.17) is 0 Å². The van der Waals surface area contributed by atoms with Gasteiger partial charge in [0, 0.05) is 42.3 Å². The SMILES string of the molecule is CC(NC(=O)CC1CSCCN1)c1cn[nH]c1. The summed E-state index contributed by atoms with van der Waals surface area (Å²) >= 11 is 1.90. The van der Waals surface area contributed by atoms with Crippen molar-refractivity contribution in [3.8, 4) is 0 Å². The van der Waals surface area contributed by atoms with Gasteiger partial charge in [-0.25, -0.2) is 0 Å². The topological polar surface area (TPSA) is 69.8 Å². The standard InChI is InChI=1S/C11H18N4OS/c1-8(9-5-13-14-6-9)15-11(16)4-10-7-17-3-2-12-10/h5-6,8,10,12H,2-4,7H2,1H3,(H,13,14)(H,15,16). The smallest absolute Gasteiger partial charge is 0.222 e. The van der Waals surface area contributed by atoms with Gasteiger partial charge in [0.05, 0.1) is 12.2 Å². The van der Waals surface area contributed by atoms with Gasteiger partial charge in [-0.15, -0.1) is 0 Å². The van der Waals surface area contributed by atoms with Gasteiger partial charge >= 0.3 is 0 Å². The highest BCUT2D eigenvalue weighted by molar-refractivity contribution is 7.99. The van der Waals surface area contributed by atoms with E-state index < -0.39 is 0 Å². The lowest BCUT2D eigenvalue weighted by atomic mass is 10.1. The number of rotatable bonds is 4. The minimum atomic E-state index is 0.0116. The van der Waals surface area contributed by atoms with Crippen LogP contribution in [-0.2, 0) is 4.79 Å². The third-order valence-corrected chi connectivity index (χ3v) is 3.96. The van der Waals surface area contributed by atoms with E-state index in [0.29, 0.717) is 12.5 Å². The lowest BCUT2D eigenvalue weighted by molar-refractivity contribution is -0.122. The van der Waals surface area contributed by atoms with Crippen LogP contribution in [0.4, 0.5) is 0 Å². The van der Waals surface area contributed by atoms with Crippen molar-refractivity contribution < 1.29 is 4.79 Å². The molecule has 1 aliphatic rings. The Kier molecular flexibility index (Phi) is 4.44. The van der Waals surface area contributed by atoms with Crippen molar-refractivity contribution in [1.29, 1.82) is 0 Å². The Morgan fingerprint density at radius 3 is 3.29 bits per heavy atom. The lowest BCUT2D eigenvalue weighted by Gasteiger charge is -2.23. The van der Waals surface area contributed by atoms with Gasteiger partial charge in [-0.05, 0) is 6.92 Å². The molecule has 0 aromatic carbocycles. The molecule has 2 unspecified atom stereocenters. The third kappa shape index (κ3) is 3.74. The fraction of sp³-hybridized carbons (Fsp3) is 0.636. The Hall–Kier alpha value is -1.01. The lowest BCUT2D eigenvalue weighted by Crippen LogP contribution is -2.41. The Labute approximate surface area is 105 Å². The maximum atomic E-state index is 11.8. The van der Waals surface area contributed by atoms with Crippen molar-refractivity contribution in [2.24, 2.45) is 0 Å². The van der Waals surface area contributed by atoms with E-state index in [1.807, 2.05) is 18.7 Å². The summed E-state index contributed by atoms with van der Waals surface area (Å²) in [6.07, 6.45) is 4.09. The van der Waals surface area contributed by atoms with Crippen LogP contribution < -0.4 is 10.6 Å². The predicted molar refractivity (Wildman–Crippen MR) is 68.9 cm³/mol. The van der Waals surface area contributed by atoms with Crippen molar-refractivity contribution in [1.82, 2.24) is 20.8 Å². The quantitative estimate of drug-likeness (QED) is 0.739. The molecule has 1 aromatic rings. The predicted octanol–water partition coefficient (Wildman–Crippen LogP) is 0.682. The number of thioether (sulfide) groups is 1. The fourth-order valence-corrected chi connectivity index (χ4v) is 2.81. The Bertz CT molecular complexity index is 348. The molecule has 0 spiro atoms. The van der Waals surface area contributed by atoms with Gasteiger partial charge in [-0.2, -0.15) is 16.9 Å². The van der Waals surface area contributed by atoms with Crippen LogP contribution in [-0.4, -0.2) is 40.2 Å². The molecule has 0 aliphatic carbocycles. The summed E-state index contributed by atoms with van der Waals surface area (Å²) in [6, 6.07) is 0.322. The van der Waals surface area contributed by atoms with E-state index in [0.717, 1.165) is 23.6 Å². The van der Waals surface area contributed by atoms with Crippen LogP contribution >= 0.6 is 11.8 Å². The van der Waals surface area contributed by atoms with Crippen molar-refractivity contribution in [3.63, 3.8) is 0 Å². The van der Waals surface area contributed by atoms with Gasteiger partial charge in [0.2, 0.25) is 5.91 Å². The van der Waals surface area contributed by atoms with Gasteiger partial charge in [0.25, 0.3) is 0 Å². The number of carbonyl (C=O) groups excluding carboxylic acids is 1. The van der Waals surface area contributed by atoms with Gasteiger partial charge in [0.15, 0.2) is 0 Å². The molecule has 2 heterocycles. The highest BCUT2D eigenvalue weighted by Gasteiger charge is 2.18. The monoisotopic (exact) mass is 254 g/mol. The average molecular weight is 254 g/mol. The van der Waals surface area contributed by atoms with Gasteiger partial charge in [-0.3, -0.25) is 9.89 Å². The average Bonchev–Trinajstić information content (AvgIpc) is 2.83. The van der Waals surface area contributed by atoms with E-state index in [2.05, 4.69) is 20.8 Å². The van der Waals surface area contributed by atoms with Gasteiger partial charge in [-0.1, -0.05) is 0 Å². The van der Waals surface area contributed by atoms with E-state index in [-0.39, 0.29) is 11.9 Å².